The molecular weight excluding hydrogens is 355 g/mol. The summed E-state index contributed by atoms with van der Waals surface area (Å²) in [7, 11) is 0. The van der Waals surface area contributed by atoms with Crippen LogP contribution in [0.4, 0.5) is 10.1 Å². The molecule has 3 aromatic carbocycles. The van der Waals surface area contributed by atoms with E-state index in [4.69, 9.17) is 16.3 Å². The van der Waals surface area contributed by atoms with Crippen molar-refractivity contribution in [3.8, 4) is 5.75 Å². The van der Waals surface area contributed by atoms with Gasteiger partial charge >= 0.3 is 0 Å². The van der Waals surface area contributed by atoms with E-state index in [1.807, 2.05) is 36.4 Å². The molecule has 1 aromatic heterocycles. The largest absolute Gasteiger partial charge is 0.484 e. The van der Waals surface area contributed by atoms with Crippen LogP contribution < -0.4 is 10.1 Å². The number of rotatable bonds is 4. The van der Waals surface area contributed by atoms with Gasteiger partial charge in [0.2, 0.25) is 0 Å². The van der Waals surface area contributed by atoms with Gasteiger partial charge in [-0.1, -0.05) is 29.8 Å². The lowest BCUT2D eigenvalue weighted by atomic mass is 10.1. The van der Waals surface area contributed by atoms with E-state index >= 15 is 0 Å². The van der Waals surface area contributed by atoms with E-state index in [0.717, 1.165) is 27.9 Å². The third-order valence-corrected chi connectivity index (χ3v) is 4.37. The average molecular weight is 369 g/mol. The minimum absolute atomic E-state index is 0.137. The first-order valence-electron chi connectivity index (χ1n) is 7.98. The maximum Gasteiger partial charge on any atom is 0.262 e. The number of ether oxygens (including phenoxy) is 1. The number of benzene rings is 3. The van der Waals surface area contributed by atoms with Crippen LogP contribution in [0.2, 0.25) is 5.02 Å². The summed E-state index contributed by atoms with van der Waals surface area (Å²) in [5.74, 6) is -0.268. The lowest BCUT2D eigenvalue weighted by molar-refractivity contribution is -0.118. The number of aromatic amines is 1. The zero-order valence-corrected chi connectivity index (χ0v) is 14.3. The molecule has 0 atom stereocenters. The lowest BCUT2D eigenvalue weighted by Gasteiger charge is -2.09. The predicted molar refractivity (Wildman–Crippen MR) is 101 cm³/mol. The summed E-state index contributed by atoms with van der Waals surface area (Å²) in [6.45, 7) is -0.181. The highest BCUT2D eigenvalue weighted by atomic mass is 35.5. The number of nitrogens with one attached hydrogen (secondary N) is 2. The smallest absolute Gasteiger partial charge is 0.262 e. The maximum absolute atomic E-state index is 13.0. The number of carbonyl (C=O) groups excluding carboxylic acids is 1. The summed E-state index contributed by atoms with van der Waals surface area (Å²) in [6.07, 6.45) is 0. The monoisotopic (exact) mass is 368 g/mol. The summed E-state index contributed by atoms with van der Waals surface area (Å²) in [5, 5.41) is 4.96. The van der Waals surface area contributed by atoms with E-state index in [-0.39, 0.29) is 17.5 Å². The first kappa shape index (κ1) is 16.4. The Balaban J connectivity index is 1.47. The highest BCUT2D eigenvalue weighted by Gasteiger charge is 2.09. The minimum Gasteiger partial charge on any atom is -0.484 e. The molecule has 4 aromatic rings. The normalized spacial score (nSPS) is 11.0. The van der Waals surface area contributed by atoms with Crippen LogP contribution >= 0.6 is 11.6 Å². The van der Waals surface area contributed by atoms with E-state index in [0.29, 0.717) is 11.4 Å². The van der Waals surface area contributed by atoms with Crippen molar-refractivity contribution in [1.82, 2.24) is 4.98 Å². The molecule has 26 heavy (non-hydrogen) atoms. The van der Waals surface area contributed by atoms with E-state index in [2.05, 4.69) is 16.4 Å². The summed E-state index contributed by atoms with van der Waals surface area (Å²) in [4.78, 5) is 15.4. The van der Waals surface area contributed by atoms with Crippen molar-refractivity contribution in [3.05, 3.63) is 71.5 Å². The van der Waals surface area contributed by atoms with Gasteiger partial charge in [-0.2, -0.15) is 0 Å². The van der Waals surface area contributed by atoms with Gasteiger partial charge in [-0.05, 0) is 36.4 Å². The van der Waals surface area contributed by atoms with Gasteiger partial charge in [-0.15, -0.1) is 0 Å². The van der Waals surface area contributed by atoms with Crippen LogP contribution in [-0.2, 0) is 4.79 Å². The Morgan fingerprint density at radius 3 is 2.69 bits per heavy atom. The molecule has 4 rings (SSSR count). The second-order valence-corrected chi connectivity index (χ2v) is 6.25. The summed E-state index contributed by atoms with van der Waals surface area (Å²) in [6, 6.07) is 17.4. The molecule has 0 spiro atoms. The Bertz CT molecular complexity index is 1120. The van der Waals surface area contributed by atoms with Crippen LogP contribution in [0, 0.1) is 5.82 Å². The average Bonchev–Trinajstić information content (AvgIpc) is 3.00. The van der Waals surface area contributed by atoms with E-state index in [1.165, 1.54) is 12.1 Å². The number of H-pyrrole nitrogens is 1. The molecular formula is C20H14ClFN2O2. The quantitative estimate of drug-likeness (QED) is 0.524. The predicted octanol–water partition coefficient (Wildman–Crippen LogP) is 5.13. The molecule has 1 heterocycles. The fraction of sp³-hybridized carbons (Fsp3) is 0.0500. The fourth-order valence-corrected chi connectivity index (χ4v) is 3.06. The number of carbonyl (C=O) groups is 1. The van der Waals surface area contributed by atoms with Crippen LogP contribution in [0.25, 0.3) is 21.8 Å². The molecule has 6 heteroatoms. The van der Waals surface area contributed by atoms with Crippen LogP contribution in [0.15, 0.2) is 60.7 Å². The van der Waals surface area contributed by atoms with Crippen LogP contribution in [0.5, 0.6) is 5.75 Å². The zero-order valence-electron chi connectivity index (χ0n) is 13.6. The molecule has 0 saturated heterocycles. The molecule has 130 valence electrons. The van der Waals surface area contributed by atoms with Crippen LogP contribution in [-0.4, -0.2) is 17.5 Å². The Kier molecular flexibility index (Phi) is 4.22. The number of para-hydroxylation sites is 1. The molecule has 2 N–H and O–H groups in total. The van der Waals surface area contributed by atoms with Crippen molar-refractivity contribution in [3.63, 3.8) is 0 Å². The summed E-state index contributed by atoms with van der Waals surface area (Å²) in [5.41, 5.74) is 2.32. The van der Waals surface area contributed by atoms with E-state index in [1.54, 1.807) is 0 Å². The van der Waals surface area contributed by atoms with Crippen molar-refractivity contribution in [2.24, 2.45) is 0 Å². The number of amides is 1. The fourth-order valence-electron chi connectivity index (χ4n) is 2.85. The van der Waals surface area contributed by atoms with E-state index < -0.39 is 5.82 Å². The third-order valence-electron chi connectivity index (χ3n) is 4.05. The molecule has 0 radical (unpaired) electrons. The van der Waals surface area contributed by atoms with Crippen molar-refractivity contribution >= 4 is 45.0 Å². The number of hydrogen-bond acceptors (Lipinski definition) is 2. The Hall–Kier alpha value is -3.05. The Morgan fingerprint density at radius 1 is 1.04 bits per heavy atom. The molecule has 0 aliphatic rings. The maximum atomic E-state index is 13.0. The highest BCUT2D eigenvalue weighted by molar-refractivity contribution is 6.33. The second-order valence-electron chi connectivity index (χ2n) is 5.84. The van der Waals surface area contributed by atoms with Crippen molar-refractivity contribution in [1.29, 1.82) is 0 Å². The molecule has 0 saturated carbocycles. The minimum atomic E-state index is -0.462. The SMILES string of the molecule is O=C(COc1ccc2c(c1)[nH]c1ccccc12)Nc1ccc(F)cc1Cl. The third kappa shape index (κ3) is 3.21. The van der Waals surface area contributed by atoms with Crippen molar-refractivity contribution < 1.29 is 13.9 Å². The second kappa shape index (κ2) is 6.69. The first-order chi connectivity index (χ1) is 12.6. The topological polar surface area (TPSA) is 54.1 Å². The molecule has 4 nitrogen and oxygen atoms in total. The van der Waals surface area contributed by atoms with Gasteiger partial charge in [0.25, 0.3) is 5.91 Å². The molecule has 0 unspecified atom stereocenters. The summed E-state index contributed by atoms with van der Waals surface area (Å²) < 4.78 is 18.6. The van der Waals surface area contributed by atoms with Gasteiger partial charge in [0.05, 0.1) is 16.2 Å². The number of fused-ring (bicyclic) bond motifs is 3. The molecule has 0 aliphatic heterocycles. The van der Waals surface area contributed by atoms with Gasteiger partial charge in [-0.3, -0.25) is 4.79 Å². The van der Waals surface area contributed by atoms with Gasteiger partial charge in [0.1, 0.15) is 11.6 Å². The van der Waals surface area contributed by atoms with Crippen LogP contribution in [0.1, 0.15) is 0 Å². The lowest BCUT2D eigenvalue weighted by Crippen LogP contribution is -2.20. The first-order valence-corrected chi connectivity index (χ1v) is 8.36. The number of aromatic nitrogens is 1. The van der Waals surface area contributed by atoms with Crippen molar-refractivity contribution in [2.45, 2.75) is 0 Å². The number of anilines is 1. The van der Waals surface area contributed by atoms with Crippen molar-refractivity contribution in [2.75, 3.05) is 11.9 Å². The van der Waals surface area contributed by atoms with Gasteiger partial charge < -0.3 is 15.0 Å². The molecule has 0 fully saturated rings. The molecule has 1 amide bonds. The summed E-state index contributed by atoms with van der Waals surface area (Å²) >= 11 is 5.90. The highest BCUT2D eigenvalue weighted by Crippen LogP contribution is 2.28. The number of halogens is 2. The molecule has 0 bridgehead atoms. The van der Waals surface area contributed by atoms with Crippen LogP contribution in [0.3, 0.4) is 0 Å². The standard InChI is InChI=1S/C20H14ClFN2O2/c21-16-9-12(22)5-8-18(16)24-20(25)11-26-13-6-7-15-14-3-1-2-4-17(14)23-19(15)10-13/h1-10,23H,11H2,(H,24,25). The Morgan fingerprint density at radius 2 is 1.85 bits per heavy atom. The van der Waals surface area contributed by atoms with Gasteiger partial charge in [-0.25, -0.2) is 4.39 Å². The zero-order chi connectivity index (χ0) is 18.1. The molecule has 0 aliphatic carbocycles. The Labute approximate surface area is 153 Å². The van der Waals surface area contributed by atoms with Gasteiger partial charge in [0.15, 0.2) is 6.61 Å². The number of hydrogen-bond donors (Lipinski definition) is 2. The van der Waals surface area contributed by atoms with E-state index in [9.17, 15) is 9.18 Å². The van der Waals surface area contributed by atoms with Gasteiger partial charge in [0, 0.05) is 22.4 Å².